The number of rotatable bonds is 8. The molecule has 0 atom stereocenters. The van der Waals surface area contributed by atoms with E-state index in [0.717, 1.165) is 43.2 Å². The molecule has 0 aliphatic rings. The summed E-state index contributed by atoms with van der Waals surface area (Å²) >= 11 is 6.40. The zero-order valence-corrected chi connectivity index (χ0v) is 19.1. The summed E-state index contributed by atoms with van der Waals surface area (Å²) in [5, 5.41) is 5.77. The zero-order chi connectivity index (χ0) is 18.5. The SMILES string of the molecule is Cc1c(CNCCCN(C)C)c2ccccc2n1Cc1ccccc1Cl.Cl.Cl. The number of hydrogen-bond acceptors (Lipinski definition) is 2. The van der Waals surface area contributed by atoms with Crippen LogP contribution < -0.4 is 5.32 Å². The number of benzene rings is 2. The van der Waals surface area contributed by atoms with E-state index >= 15 is 0 Å². The molecule has 0 aliphatic carbocycles. The molecule has 28 heavy (non-hydrogen) atoms. The highest BCUT2D eigenvalue weighted by molar-refractivity contribution is 6.31. The summed E-state index contributed by atoms with van der Waals surface area (Å²) in [6, 6.07) is 16.8. The highest BCUT2D eigenvalue weighted by Gasteiger charge is 2.14. The van der Waals surface area contributed by atoms with Gasteiger partial charge in [0.25, 0.3) is 0 Å². The second-order valence-electron chi connectivity index (χ2n) is 7.09. The molecule has 3 aromatic rings. The largest absolute Gasteiger partial charge is 0.340 e. The predicted molar refractivity (Wildman–Crippen MR) is 127 cm³/mol. The molecule has 0 unspecified atom stereocenters. The van der Waals surface area contributed by atoms with Crippen molar-refractivity contribution in [3.05, 3.63) is 70.4 Å². The van der Waals surface area contributed by atoms with E-state index in [9.17, 15) is 0 Å². The third-order valence-electron chi connectivity index (χ3n) is 4.91. The molecule has 3 nitrogen and oxygen atoms in total. The number of fused-ring (bicyclic) bond motifs is 1. The highest BCUT2D eigenvalue weighted by Crippen LogP contribution is 2.28. The number of para-hydroxylation sites is 1. The van der Waals surface area contributed by atoms with Gasteiger partial charge in [-0.2, -0.15) is 0 Å². The highest BCUT2D eigenvalue weighted by atomic mass is 35.5. The molecule has 1 aromatic heterocycles. The fourth-order valence-electron chi connectivity index (χ4n) is 3.46. The zero-order valence-electron chi connectivity index (χ0n) is 16.7. The van der Waals surface area contributed by atoms with E-state index in [1.54, 1.807) is 0 Å². The Labute approximate surface area is 185 Å². The molecule has 2 aromatic carbocycles. The van der Waals surface area contributed by atoms with E-state index in [1.165, 1.54) is 22.2 Å². The van der Waals surface area contributed by atoms with Gasteiger partial charge < -0.3 is 14.8 Å². The van der Waals surface area contributed by atoms with Gasteiger partial charge in [-0.15, -0.1) is 24.8 Å². The molecule has 0 saturated heterocycles. The summed E-state index contributed by atoms with van der Waals surface area (Å²) in [5.41, 5.74) is 5.13. The van der Waals surface area contributed by atoms with Gasteiger partial charge >= 0.3 is 0 Å². The molecule has 0 radical (unpaired) electrons. The Morgan fingerprint density at radius 2 is 1.68 bits per heavy atom. The van der Waals surface area contributed by atoms with Crippen molar-refractivity contribution >= 4 is 47.3 Å². The molecule has 0 bridgehead atoms. The van der Waals surface area contributed by atoms with Crippen LogP contribution >= 0.6 is 36.4 Å². The Morgan fingerprint density at radius 3 is 2.39 bits per heavy atom. The first-order chi connectivity index (χ1) is 12.6. The van der Waals surface area contributed by atoms with E-state index in [0.29, 0.717) is 0 Å². The molecular weight excluding hydrogens is 413 g/mol. The number of nitrogens with one attached hydrogen (secondary N) is 1. The molecule has 0 spiro atoms. The maximum Gasteiger partial charge on any atom is 0.0493 e. The molecule has 0 fully saturated rings. The van der Waals surface area contributed by atoms with Crippen LogP contribution in [0.15, 0.2) is 48.5 Å². The van der Waals surface area contributed by atoms with Crippen LogP contribution in [0.4, 0.5) is 0 Å². The van der Waals surface area contributed by atoms with Gasteiger partial charge in [0.1, 0.15) is 0 Å². The lowest BCUT2D eigenvalue weighted by molar-refractivity contribution is 0.394. The molecule has 1 heterocycles. The van der Waals surface area contributed by atoms with E-state index < -0.39 is 0 Å². The first-order valence-corrected chi connectivity index (χ1v) is 9.61. The van der Waals surface area contributed by atoms with E-state index in [1.807, 2.05) is 12.1 Å². The van der Waals surface area contributed by atoms with Crippen LogP contribution in [0.5, 0.6) is 0 Å². The van der Waals surface area contributed by atoms with E-state index in [4.69, 9.17) is 11.6 Å². The van der Waals surface area contributed by atoms with Crippen molar-refractivity contribution in [3.8, 4) is 0 Å². The summed E-state index contributed by atoms with van der Waals surface area (Å²) in [5.74, 6) is 0. The summed E-state index contributed by atoms with van der Waals surface area (Å²) in [4.78, 5) is 2.22. The van der Waals surface area contributed by atoms with E-state index in [2.05, 4.69) is 72.2 Å². The Hall–Kier alpha value is -1.23. The molecule has 154 valence electrons. The average Bonchev–Trinajstić information content (AvgIpc) is 2.89. The van der Waals surface area contributed by atoms with Gasteiger partial charge in [-0.05, 0) is 63.8 Å². The van der Waals surface area contributed by atoms with Crippen molar-refractivity contribution in [2.45, 2.75) is 26.4 Å². The predicted octanol–water partition coefficient (Wildman–Crippen LogP) is 5.54. The smallest absolute Gasteiger partial charge is 0.0493 e. The monoisotopic (exact) mass is 441 g/mol. The van der Waals surface area contributed by atoms with Crippen molar-refractivity contribution in [1.82, 2.24) is 14.8 Å². The van der Waals surface area contributed by atoms with E-state index in [-0.39, 0.29) is 24.8 Å². The van der Waals surface area contributed by atoms with Crippen LogP contribution in [0.3, 0.4) is 0 Å². The quantitative estimate of drug-likeness (QED) is 0.462. The summed E-state index contributed by atoms with van der Waals surface area (Å²) < 4.78 is 2.38. The Bertz CT molecular complexity index is 875. The Morgan fingerprint density at radius 1 is 1.00 bits per heavy atom. The van der Waals surface area contributed by atoms with Crippen molar-refractivity contribution in [3.63, 3.8) is 0 Å². The lowest BCUT2D eigenvalue weighted by Crippen LogP contribution is -2.21. The molecule has 1 N–H and O–H groups in total. The minimum Gasteiger partial charge on any atom is -0.340 e. The van der Waals surface area contributed by atoms with Crippen LogP contribution in [0, 0.1) is 6.92 Å². The molecule has 0 saturated carbocycles. The Balaban J connectivity index is 0.00000196. The fourth-order valence-corrected chi connectivity index (χ4v) is 3.66. The second-order valence-corrected chi connectivity index (χ2v) is 7.50. The summed E-state index contributed by atoms with van der Waals surface area (Å²) in [7, 11) is 4.24. The van der Waals surface area contributed by atoms with Gasteiger partial charge in [0.05, 0.1) is 0 Å². The van der Waals surface area contributed by atoms with Crippen LogP contribution in [0.1, 0.15) is 23.2 Å². The van der Waals surface area contributed by atoms with Crippen molar-refractivity contribution in [1.29, 1.82) is 0 Å². The maximum atomic E-state index is 6.40. The van der Waals surface area contributed by atoms with Crippen molar-refractivity contribution in [2.75, 3.05) is 27.2 Å². The van der Waals surface area contributed by atoms with Gasteiger partial charge in [0.15, 0.2) is 0 Å². The Kier molecular flexibility index (Phi) is 10.4. The molecule has 6 heteroatoms. The van der Waals surface area contributed by atoms with Gasteiger partial charge in [-0.25, -0.2) is 0 Å². The maximum absolute atomic E-state index is 6.40. The third kappa shape index (κ3) is 5.88. The minimum absolute atomic E-state index is 0. The van der Waals surface area contributed by atoms with Crippen molar-refractivity contribution < 1.29 is 0 Å². The minimum atomic E-state index is 0. The standard InChI is InChI=1S/C22H28ClN3.2ClH/c1-17-20(15-24-13-8-14-25(2)3)19-10-5-7-12-22(19)26(17)16-18-9-4-6-11-21(18)23;;/h4-7,9-12,24H,8,13-16H2,1-3H3;2*1H. The lowest BCUT2D eigenvalue weighted by Gasteiger charge is -2.11. The third-order valence-corrected chi connectivity index (χ3v) is 5.28. The number of aromatic nitrogens is 1. The summed E-state index contributed by atoms with van der Waals surface area (Å²) in [6.07, 6.45) is 1.16. The molecular formula is C22H30Cl3N3. The first kappa shape index (κ1) is 24.8. The molecule has 0 amide bonds. The van der Waals surface area contributed by atoms with Crippen LogP contribution in [-0.4, -0.2) is 36.7 Å². The average molecular weight is 443 g/mol. The fraction of sp³-hybridized carbons (Fsp3) is 0.364. The second kappa shape index (κ2) is 11.7. The lowest BCUT2D eigenvalue weighted by atomic mass is 10.1. The van der Waals surface area contributed by atoms with Gasteiger partial charge in [-0.1, -0.05) is 48.0 Å². The van der Waals surface area contributed by atoms with Crippen LogP contribution in [-0.2, 0) is 13.1 Å². The topological polar surface area (TPSA) is 20.2 Å². The normalized spacial score (nSPS) is 10.8. The molecule has 3 rings (SSSR count). The number of nitrogens with zero attached hydrogens (tertiary/aromatic N) is 2. The van der Waals surface area contributed by atoms with Gasteiger partial charge in [0.2, 0.25) is 0 Å². The number of hydrogen-bond donors (Lipinski definition) is 1. The van der Waals surface area contributed by atoms with Gasteiger partial charge in [-0.3, -0.25) is 0 Å². The van der Waals surface area contributed by atoms with Crippen molar-refractivity contribution in [2.24, 2.45) is 0 Å². The summed E-state index contributed by atoms with van der Waals surface area (Å²) in [6.45, 7) is 6.05. The first-order valence-electron chi connectivity index (χ1n) is 9.23. The van der Waals surface area contributed by atoms with Gasteiger partial charge in [0, 0.05) is 34.7 Å². The molecule has 0 aliphatic heterocycles. The van der Waals surface area contributed by atoms with Crippen LogP contribution in [0.25, 0.3) is 10.9 Å². The van der Waals surface area contributed by atoms with Crippen LogP contribution in [0.2, 0.25) is 5.02 Å². The number of halogens is 3.